The molecule has 1 aliphatic carbocycles. The smallest absolute Gasteiger partial charge is 0.407 e. The molecule has 1 aliphatic heterocycles. The van der Waals surface area contributed by atoms with Crippen LogP contribution in [0.4, 0.5) is 4.79 Å². The van der Waals surface area contributed by atoms with Crippen LogP contribution in [0.15, 0.2) is 48.5 Å². The number of rotatable bonds is 7. The zero-order chi connectivity index (χ0) is 25.3. The van der Waals surface area contributed by atoms with E-state index in [2.05, 4.69) is 29.6 Å². The molecular weight excluding hydrogens is 444 g/mol. The van der Waals surface area contributed by atoms with Crippen LogP contribution in [0.1, 0.15) is 57.6 Å². The molecule has 186 valence electrons. The van der Waals surface area contributed by atoms with Crippen molar-refractivity contribution in [2.24, 2.45) is 11.3 Å². The van der Waals surface area contributed by atoms with Crippen LogP contribution < -0.4 is 5.32 Å². The topological polar surface area (TPSA) is 95.9 Å². The number of aliphatic carboxylic acids is 1. The molecule has 1 unspecified atom stereocenters. The van der Waals surface area contributed by atoms with Crippen LogP contribution in [0.3, 0.4) is 0 Å². The molecule has 4 rings (SSSR count). The van der Waals surface area contributed by atoms with E-state index < -0.39 is 29.6 Å². The zero-order valence-electron chi connectivity index (χ0n) is 20.8. The van der Waals surface area contributed by atoms with Crippen LogP contribution in [-0.4, -0.2) is 53.2 Å². The summed E-state index contributed by atoms with van der Waals surface area (Å²) in [6, 6.07) is 15.0. The highest BCUT2D eigenvalue weighted by Gasteiger charge is 2.47. The maximum absolute atomic E-state index is 13.1. The molecule has 1 heterocycles. The van der Waals surface area contributed by atoms with Crippen LogP contribution in [0.2, 0.25) is 0 Å². The number of alkyl carbamates (subject to hydrolysis) is 1. The van der Waals surface area contributed by atoms with Crippen LogP contribution in [-0.2, 0) is 14.3 Å². The Balaban J connectivity index is 1.40. The summed E-state index contributed by atoms with van der Waals surface area (Å²) in [7, 11) is 0. The molecule has 0 radical (unpaired) electrons. The van der Waals surface area contributed by atoms with Gasteiger partial charge in [-0.25, -0.2) is 9.59 Å². The van der Waals surface area contributed by atoms with Crippen molar-refractivity contribution in [1.82, 2.24) is 10.2 Å². The third-order valence-corrected chi connectivity index (χ3v) is 7.45. The summed E-state index contributed by atoms with van der Waals surface area (Å²) in [5.74, 6) is -1.33. The first-order chi connectivity index (χ1) is 16.6. The first-order valence-electron chi connectivity index (χ1n) is 12.2. The number of amides is 2. The van der Waals surface area contributed by atoms with Gasteiger partial charge < -0.3 is 20.1 Å². The van der Waals surface area contributed by atoms with Crippen molar-refractivity contribution in [2.45, 2.75) is 58.5 Å². The number of fused-ring (bicyclic) bond motifs is 3. The van der Waals surface area contributed by atoms with Gasteiger partial charge in [-0.15, -0.1) is 0 Å². The standard InChI is InChI=1S/C28H34N2O5/c1-17(2)23(15-24(31)30-14-13-28(3,4)25(30)26(32)33)29-27(34)35-16-22-20-11-7-5-9-18(20)19-10-6-8-12-21(19)22/h5-12,17,22-23,25H,13-16H2,1-4H3,(H,29,34)(H,32,33)/t23-,25?/m0/s1. The average Bonchev–Trinajstić information content (AvgIpc) is 3.31. The fraction of sp³-hybridized carbons (Fsp3) is 0.464. The lowest BCUT2D eigenvalue weighted by molar-refractivity contribution is -0.151. The monoisotopic (exact) mass is 478 g/mol. The molecule has 2 aromatic rings. The fourth-order valence-electron chi connectivity index (χ4n) is 5.38. The third-order valence-electron chi connectivity index (χ3n) is 7.45. The van der Waals surface area contributed by atoms with Gasteiger partial charge in [0.25, 0.3) is 0 Å². The molecule has 0 aromatic heterocycles. The molecular formula is C28H34N2O5. The molecule has 2 aliphatic rings. The summed E-state index contributed by atoms with van der Waals surface area (Å²) in [6.07, 6.45) is 0.0822. The van der Waals surface area contributed by atoms with E-state index in [-0.39, 0.29) is 30.8 Å². The average molecular weight is 479 g/mol. The summed E-state index contributed by atoms with van der Waals surface area (Å²) in [5, 5.41) is 12.5. The fourth-order valence-corrected chi connectivity index (χ4v) is 5.38. The minimum atomic E-state index is -0.994. The molecule has 1 saturated heterocycles. The Labute approximate surface area is 206 Å². The lowest BCUT2D eigenvalue weighted by Gasteiger charge is -2.31. The molecule has 0 spiro atoms. The predicted molar refractivity (Wildman–Crippen MR) is 133 cm³/mol. The van der Waals surface area contributed by atoms with Gasteiger partial charge in [0.05, 0.1) is 0 Å². The van der Waals surface area contributed by atoms with Crippen LogP contribution >= 0.6 is 0 Å². The Bertz CT molecular complexity index is 1080. The highest BCUT2D eigenvalue weighted by atomic mass is 16.5. The minimum Gasteiger partial charge on any atom is -0.480 e. The number of hydrogen-bond donors (Lipinski definition) is 2. The first-order valence-corrected chi connectivity index (χ1v) is 12.2. The minimum absolute atomic E-state index is 0.0293. The van der Waals surface area contributed by atoms with E-state index >= 15 is 0 Å². The Morgan fingerprint density at radius 2 is 1.63 bits per heavy atom. The van der Waals surface area contributed by atoms with Crippen molar-refractivity contribution >= 4 is 18.0 Å². The summed E-state index contributed by atoms with van der Waals surface area (Å²) >= 11 is 0. The number of benzene rings is 2. The second-order valence-corrected chi connectivity index (χ2v) is 10.6. The number of carboxylic acid groups (broad SMARTS) is 1. The van der Waals surface area contributed by atoms with Gasteiger partial charge in [0.15, 0.2) is 0 Å². The van der Waals surface area contributed by atoms with E-state index in [9.17, 15) is 19.5 Å². The number of carbonyl (C=O) groups excluding carboxylic acids is 2. The molecule has 0 bridgehead atoms. The van der Waals surface area contributed by atoms with Crippen molar-refractivity contribution in [3.63, 3.8) is 0 Å². The number of ether oxygens (including phenoxy) is 1. The molecule has 2 atom stereocenters. The molecule has 35 heavy (non-hydrogen) atoms. The number of nitrogens with one attached hydrogen (secondary N) is 1. The van der Waals surface area contributed by atoms with Gasteiger partial charge >= 0.3 is 12.1 Å². The second-order valence-electron chi connectivity index (χ2n) is 10.6. The lowest BCUT2D eigenvalue weighted by Crippen LogP contribution is -2.49. The normalized spacial score (nSPS) is 19.2. The molecule has 2 N–H and O–H groups in total. The van der Waals surface area contributed by atoms with Gasteiger partial charge in [-0.1, -0.05) is 76.2 Å². The second kappa shape index (κ2) is 9.72. The van der Waals surface area contributed by atoms with E-state index in [4.69, 9.17) is 4.74 Å². The number of likely N-dealkylation sites (tertiary alicyclic amines) is 1. The van der Waals surface area contributed by atoms with E-state index in [0.717, 1.165) is 22.3 Å². The van der Waals surface area contributed by atoms with E-state index in [1.165, 1.54) is 4.90 Å². The third kappa shape index (κ3) is 4.90. The number of carboxylic acids is 1. The van der Waals surface area contributed by atoms with Gasteiger partial charge in [0.2, 0.25) is 5.91 Å². The maximum atomic E-state index is 13.1. The molecule has 1 fully saturated rings. The van der Waals surface area contributed by atoms with Crippen molar-refractivity contribution in [2.75, 3.05) is 13.2 Å². The summed E-state index contributed by atoms with van der Waals surface area (Å²) in [4.78, 5) is 39.1. The first kappa shape index (κ1) is 24.8. The van der Waals surface area contributed by atoms with E-state index in [1.54, 1.807) is 0 Å². The van der Waals surface area contributed by atoms with Crippen molar-refractivity contribution in [1.29, 1.82) is 0 Å². The molecule has 2 amide bonds. The molecule has 7 heteroatoms. The largest absolute Gasteiger partial charge is 0.480 e. The van der Waals surface area contributed by atoms with Gasteiger partial charge in [-0.2, -0.15) is 0 Å². The van der Waals surface area contributed by atoms with Gasteiger partial charge in [0, 0.05) is 24.9 Å². The summed E-state index contributed by atoms with van der Waals surface area (Å²) in [6.45, 7) is 8.18. The number of nitrogens with zero attached hydrogens (tertiary/aromatic N) is 1. The maximum Gasteiger partial charge on any atom is 0.407 e. The Morgan fingerprint density at radius 3 is 2.17 bits per heavy atom. The van der Waals surface area contributed by atoms with Crippen LogP contribution in [0, 0.1) is 11.3 Å². The van der Waals surface area contributed by atoms with Crippen LogP contribution in [0.25, 0.3) is 11.1 Å². The molecule has 7 nitrogen and oxygen atoms in total. The SMILES string of the molecule is CC(C)[C@H](CC(=O)N1CCC(C)(C)C1C(=O)O)NC(=O)OCC1c2ccccc2-c2ccccc21. The van der Waals surface area contributed by atoms with Crippen LogP contribution in [0.5, 0.6) is 0 Å². The Morgan fingerprint density at radius 1 is 1.06 bits per heavy atom. The van der Waals surface area contributed by atoms with Crippen molar-refractivity contribution in [3.05, 3.63) is 59.7 Å². The van der Waals surface area contributed by atoms with Gasteiger partial charge in [0.1, 0.15) is 12.6 Å². The Kier molecular flexibility index (Phi) is 6.88. The van der Waals surface area contributed by atoms with E-state index in [0.29, 0.717) is 13.0 Å². The number of carbonyl (C=O) groups is 3. The number of hydrogen-bond acceptors (Lipinski definition) is 4. The Hall–Kier alpha value is -3.35. The van der Waals surface area contributed by atoms with Crippen molar-refractivity contribution < 1.29 is 24.2 Å². The lowest BCUT2D eigenvalue weighted by atomic mass is 9.84. The molecule has 0 saturated carbocycles. The quantitative estimate of drug-likeness (QED) is 0.604. The van der Waals surface area contributed by atoms with Crippen molar-refractivity contribution in [3.8, 4) is 11.1 Å². The highest BCUT2D eigenvalue weighted by molar-refractivity contribution is 5.86. The van der Waals surface area contributed by atoms with E-state index in [1.807, 2.05) is 52.0 Å². The summed E-state index contributed by atoms with van der Waals surface area (Å²) < 4.78 is 5.65. The van der Waals surface area contributed by atoms with Gasteiger partial charge in [-0.05, 0) is 40.0 Å². The summed E-state index contributed by atoms with van der Waals surface area (Å²) in [5.41, 5.74) is 4.09. The zero-order valence-corrected chi connectivity index (χ0v) is 20.8. The highest BCUT2D eigenvalue weighted by Crippen LogP contribution is 2.44. The van der Waals surface area contributed by atoms with Gasteiger partial charge in [-0.3, -0.25) is 4.79 Å². The predicted octanol–water partition coefficient (Wildman–Crippen LogP) is 4.65. The molecule has 2 aromatic carbocycles.